The first-order valence-electron chi connectivity index (χ1n) is 11.1. The van der Waals surface area contributed by atoms with Crippen molar-refractivity contribution < 1.29 is 23.0 Å². The predicted octanol–water partition coefficient (Wildman–Crippen LogP) is 3.61. The Balaban J connectivity index is 0.00000306. The van der Waals surface area contributed by atoms with E-state index in [-0.39, 0.29) is 30.0 Å². The largest absolute Gasteiger partial charge is 0.377 e. The van der Waals surface area contributed by atoms with E-state index in [0.717, 1.165) is 24.7 Å². The van der Waals surface area contributed by atoms with E-state index in [1.54, 1.807) is 0 Å². The van der Waals surface area contributed by atoms with Crippen molar-refractivity contribution in [1.29, 1.82) is 0 Å². The fourth-order valence-electron chi connectivity index (χ4n) is 4.21. The Morgan fingerprint density at radius 1 is 1.12 bits per heavy atom. The van der Waals surface area contributed by atoms with Gasteiger partial charge in [0, 0.05) is 51.0 Å². The average molecular weight is 482 g/mol. The lowest BCUT2D eigenvalue weighted by molar-refractivity contribution is -0.0153. The molecule has 2 saturated heterocycles. The monoisotopic (exact) mass is 481 g/mol. The summed E-state index contributed by atoms with van der Waals surface area (Å²) in [6, 6.07) is 12.8. The lowest BCUT2D eigenvalue weighted by Crippen LogP contribution is -2.57. The van der Waals surface area contributed by atoms with Crippen molar-refractivity contribution in [2.24, 2.45) is 0 Å². The van der Waals surface area contributed by atoms with E-state index in [1.165, 1.54) is 12.1 Å². The summed E-state index contributed by atoms with van der Waals surface area (Å²) in [6.07, 6.45) is -0.108. The molecule has 0 saturated carbocycles. The number of ether oxygens (including phenoxy) is 2. The molecule has 0 aromatic heterocycles. The molecule has 0 aliphatic carbocycles. The molecule has 180 valence electrons. The summed E-state index contributed by atoms with van der Waals surface area (Å²) in [5.41, 5.74) is 1.07. The van der Waals surface area contributed by atoms with Gasteiger partial charge in [-0.05, 0) is 18.1 Å². The minimum atomic E-state index is -0.668. The fraction of sp³-hybridized carbons (Fsp3) is 0.458. The zero-order valence-corrected chi connectivity index (χ0v) is 19.2. The van der Waals surface area contributed by atoms with Crippen molar-refractivity contribution in [1.82, 2.24) is 15.1 Å². The summed E-state index contributed by atoms with van der Waals surface area (Å²) in [5, 5.41) is 3.26. The number of morpholine rings is 1. The van der Waals surface area contributed by atoms with E-state index < -0.39 is 17.7 Å². The highest BCUT2D eigenvalue weighted by Crippen LogP contribution is 2.29. The van der Waals surface area contributed by atoms with E-state index in [2.05, 4.69) is 5.32 Å². The Bertz CT molecular complexity index is 900. The first-order valence-corrected chi connectivity index (χ1v) is 11.1. The Labute approximate surface area is 199 Å². The number of nitrogens with zero attached hydrogens (tertiary/aromatic N) is 2. The molecule has 0 spiro atoms. The molecule has 2 unspecified atom stereocenters. The average Bonchev–Trinajstić information content (AvgIpc) is 2.83. The SMILES string of the molecule is Cl.O=C(N1CCNCC1)N1CCOCC1CCOC(c1ccccc1)c1ccc(F)cc1F. The highest BCUT2D eigenvalue weighted by molar-refractivity contribution is 5.85. The lowest BCUT2D eigenvalue weighted by Gasteiger charge is -2.40. The third kappa shape index (κ3) is 6.41. The highest BCUT2D eigenvalue weighted by Gasteiger charge is 2.31. The first-order chi connectivity index (χ1) is 15.6. The van der Waals surface area contributed by atoms with Crippen LogP contribution in [0, 0.1) is 11.6 Å². The second-order valence-corrected chi connectivity index (χ2v) is 8.06. The molecule has 2 aliphatic heterocycles. The Kier molecular flexibility index (Phi) is 9.43. The number of piperazine rings is 1. The van der Waals surface area contributed by atoms with Crippen molar-refractivity contribution in [3.63, 3.8) is 0 Å². The van der Waals surface area contributed by atoms with E-state index in [9.17, 15) is 13.6 Å². The van der Waals surface area contributed by atoms with Gasteiger partial charge in [-0.2, -0.15) is 0 Å². The highest BCUT2D eigenvalue weighted by atomic mass is 35.5. The van der Waals surface area contributed by atoms with Crippen LogP contribution < -0.4 is 5.32 Å². The van der Waals surface area contributed by atoms with Crippen molar-refractivity contribution in [2.45, 2.75) is 18.6 Å². The van der Waals surface area contributed by atoms with Crippen LogP contribution in [-0.4, -0.2) is 74.4 Å². The number of nitrogens with one attached hydrogen (secondary N) is 1. The van der Waals surface area contributed by atoms with E-state index in [4.69, 9.17) is 9.47 Å². The summed E-state index contributed by atoms with van der Waals surface area (Å²) in [7, 11) is 0. The summed E-state index contributed by atoms with van der Waals surface area (Å²) in [6.45, 7) is 4.79. The van der Waals surface area contributed by atoms with Gasteiger partial charge in [-0.15, -0.1) is 12.4 Å². The molecule has 4 rings (SSSR count). The summed E-state index contributed by atoms with van der Waals surface area (Å²) >= 11 is 0. The molecule has 2 atom stereocenters. The molecule has 2 fully saturated rings. The smallest absolute Gasteiger partial charge is 0.320 e. The van der Waals surface area contributed by atoms with Gasteiger partial charge in [0.05, 0.1) is 19.3 Å². The van der Waals surface area contributed by atoms with E-state index in [0.29, 0.717) is 45.9 Å². The molecule has 0 bridgehead atoms. The molecule has 2 aliphatic rings. The fourth-order valence-corrected chi connectivity index (χ4v) is 4.21. The quantitative estimate of drug-likeness (QED) is 0.685. The zero-order chi connectivity index (χ0) is 22.3. The van der Waals surface area contributed by atoms with Crippen molar-refractivity contribution in [2.75, 3.05) is 52.5 Å². The number of amides is 2. The maximum atomic E-state index is 14.5. The minimum Gasteiger partial charge on any atom is -0.377 e. The maximum absolute atomic E-state index is 14.5. The number of halogens is 3. The molecule has 6 nitrogen and oxygen atoms in total. The lowest BCUT2D eigenvalue weighted by atomic mass is 10.0. The van der Waals surface area contributed by atoms with Crippen LogP contribution >= 0.6 is 12.4 Å². The van der Waals surface area contributed by atoms with Crippen LogP contribution in [0.3, 0.4) is 0 Å². The molecule has 0 radical (unpaired) electrons. The van der Waals surface area contributed by atoms with Crippen LogP contribution in [-0.2, 0) is 9.47 Å². The van der Waals surface area contributed by atoms with Gasteiger partial charge in [0.2, 0.25) is 0 Å². The number of rotatable bonds is 6. The molecular weight excluding hydrogens is 452 g/mol. The van der Waals surface area contributed by atoms with Crippen molar-refractivity contribution in [3.05, 3.63) is 71.3 Å². The minimum absolute atomic E-state index is 0. The molecule has 9 heteroatoms. The van der Waals surface area contributed by atoms with Crippen LogP contribution in [0.2, 0.25) is 0 Å². The van der Waals surface area contributed by atoms with Gasteiger partial charge in [-0.25, -0.2) is 13.6 Å². The zero-order valence-electron chi connectivity index (χ0n) is 18.4. The number of benzene rings is 2. The standard InChI is InChI=1S/C24H29F2N3O3.ClH/c25-19-6-7-21(22(26)16-19)23(18-4-2-1-3-5-18)32-14-8-20-17-31-15-13-29(20)24(30)28-11-9-27-10-12-28;/h1-7,16,20,23,27H,8-15,17H2;1H. The normalized spacial score (nSPS) is 19.6. The topological polar surface area (TPSA) is 54.0 Å². The second kappa shape index (κ2) is 12.3. The Morgan fingerprint density at radius 3 is 2.61 bits per heavy atom. The van der Waals surface area contributed by atoms with Gasteiger partial charge in [0.25, 0.3) is 0 Å². The third-order valence-electron chi connectivity index (χ3n) is 5.94. The molecular formula is C24H30ClF2N3O3. The molecule has 2 amide bonds. The Hall–Kier alpha value is -2.26. The molecule has 1 N–H and O–H groups in total. The number of hydrogen-bond donors (Lipinski definition) is 1. The third-order valence-corrected chi connectivity index (χ3v) is 5.94. The number of urea groups is 1. The van der Waals surface area contributed by atoms with E-state index in [1.807, 2.05) is 40.1 Å². The van der Waals surface area contributed by atoms with Gasteiger partial charge in [-0.1, -0.05) is 36.4 Å². The van der Waals surface area contributed by atoms with Gasteiger partial charge in [0.1, 0.15) is 17.7 Å². The Morgan fingerprint density at radius 2 is 1.88 bits per heavy atom. The molecule has 2 aromatic rings. The van der Waals surface area contributed by atoms with Crippen LogP contribution in [0.5, 0.6) is 0 Å². The van der Waals surface area contributed by atoms with Crippen LogP contribution in [0.15, 0.2) is 48.5 Å². The second-order valence-electron chi connectivity index (χ2n) is 8.06. The number of carbonyl (C=O) groups is 1. The summed E-state index contributed by atoms with van der Waals surface area (Å²) < 4.78 is 39.7. The summed E-state index contributed by atoms with van der Waals surface area (Å²) in [4.78, 5) is 16.8. The number of carbonyl (C=O) groups excluding carboxylic acids is 1. The summed E-state index contributed by atoms with van der Waals surface area (Å²) in [5.74, 6) is -1.27. The van der Waals surface area contributed by atoms with Gasteiger partial charge in [0.15, 0.2) is 0 Å². The molecule has 2 aromatic carbocycles. The number of hydrogen-bond acceptors (Lipinski definition) is 4. The van der Waals surface area contributed by atoms with Crippen LogP contribution in [0.25, 0.3) is 0 Å². The van der Waals surface area contributed by atoms with Gasteiger partial charge < -0.3 is 24.6 Å². The molecule has 2 heterocycles. The molecule has 33 heavy (non-hydrogen) atoms. The van der Waals surface area contributed by atoms with Gasteiger partial charge >= 0.3 is 6.03 Å². The predicted molar refractivity (Wildman–Crippen MR) is 124 cm³/mol. The maximum Gasteiger partial charge on any atom is 0.320 e. The van der Waals surface area contributed by atoms with Gasteiger partial charge in [-0.3, -0.25) is 0 Å². The van der Waals surface area contributed by atoms with Crippen molar-refractivity contribution >= 4 is 18.4 Å². The van der Waals surface area contributed by atoms with E-state index >= 15 is 0 Å². The van der Waals surface area contributed by atoms with Crippen LogP contribution in [0.1, 0.15) is 23.7 Å². The van der Waals surface area contributed by atoms with Crippen molar-refractivity contribution in [3.8, 4) is 0 Å². The van der Waals surface area contributed by atoms with Crippen LogP contribution in [0.4, 0.5) is 13.6 Å². The first kappa shape index (κ1) is 25.4.